The Kier molecular flexibility index (Phi) is 4.81. The number of ether oxygens (including phenoxy) is 1. The Morgan fingerprint density at radius 3 is 2.76 bits per heavy atom. The highest BCUT2D eigenvalue weighted by Crippen LogP contribution is 2.32. The Morgan fingerprint density at radius 2 is 2.04 bits per heavy atom. The molecule has 1 aliphatic heterocycles. The van der Waals surface area contributed by atoms with Crippen LogP contribution >= 0.6 is 11.6 Å². The number of hydrogen-bond acceptors (Lipinski definition) is 6. The van der Waals surface area contributed by atoms with Gasteiger partial charge in [0.15, 0.2) is 0 Å². The van der Waals surface area contributed by atoms with E-state index in [4.69, 9.17) is 22.1 Å². The number of hydrazine groups is 1. The lowest BCUT2D eigenvalue weighted by atomic mass is 9.99. The molecule has 0 fully saturated rings. The Labute approximate surface area is 151 Å². The van der Waals surface area contributed by atoms with Gasteiger partial charge in [0, 0.05) is 5.02 Å². The highest BCUT2D eigenvalue weighted by Gasteiger charge is 2.34. The number of anilines is 1. The number of carbonyl (C=O) groups excluding carboxylic acids is 1. The lowest BCUT2D eigenvalue weighted by molar-refractivity contribution is 0.0600. The largest absolute Gasteiger partial charge is 0.465 e. The predicted octanol–water partition coefficient (Wildman–Crippen LogP) is 3.21. The van der Waals surface area contributed by atoms with E-state index in [9.17, 15) is 4.79 Å². The van der Waals surface area contributed by atoms with Gasteiger partial charge in [0.1, 0.15) is 6.04 Å². The van der Waals surface area contributed by atoms with Crippen molar-refractivity contribution in [2.75, 3.05) is 12.5 Å². The van der Waals surface area contributed by atoms with Gasteiger partial charge in [0.05, 0.1) is 24.4 Å². The fourth-order valence-electron chi connectivity index (χ4n) is 2.92. The number of rotatable bonds is 4. The topological polar surface area (TPSA) is 79.9 Å². The average molecular weight is 359 g/mol. The van der Waals surface area contributed by atoms with E-state index in [1.807, 2.05) is 31.2 Å². The van der Waals surface area contributed by atoms with Gasteiger partial charge in [-0.3, -0.25) is 5.43 Å². The summed E-state index contributed by atoms with van der Waals surface area (Å²) in [5.41, 5.74) is 11.5. The van der Waals surface area contributed by atoms with Crippen molar-refractivity contribution in [1.29, 1.82) is 0 Å². The first-order valence-corrected chi connectivity index (χ1v) is 8.20. The van der Waals surface area contributed by atoms with E-state index >= 15 is 0 Å². The minimum absolute atomic E-state index is 0.0837. The summed E-state index contributed by atoms with van der Waals surface area (Å²) in [6.07, 6.45) is 0. The molecule has 0 aromatic heterocycles. The molecule has 6 nitrogen and oxygen atoms in total. The van der Waals surface area contributed by atoms with Crippen LogP contribution in [-0.4, -0.2) is 30.1 Å². The molecular weight excluding hydrogens is 340 g/mol. The van der Waals surface area contributed by atoms with Gasteiger partial charge in [-0.25, -0.2) is 14.8 Å². The highest BCUT2D eigenvalue weighted by molar-refractivity contribution is 6.30. The summed E-state index contributed by atoms with van der Waals surface area (Å²) in [5, 5.41) is 2.41. The number of benzene rings is 2. The minimum atomic E-state index is -0.379. The Hall–Kier alpha value is -2.73. The number of nitrogens with two attached hydrogens (primary N) is 1. The van der Waals surface area contributed by atoms with Crippen LogP contribution in [0.25, 0.3) is 0 Å². The molecule has 2 unspecified atom stereocenters. The molecule has 2 aromatic carbocycles. The molecule has 0 amide bonds. The number of hydrogen-bond donors (Lipinski definition) is 2. The Balaban J connectivity index is 1.92. The van der Waals surface area contributed by atoms with E-state index in [1.165, 1.54) is 7.11 Å². The second-order valence-electron chi connectivity index (χ2n) is 5.78. The SMILES string of the molecule is COC(=O)c1cccc(C2C(C)N=C(N)N2Nc2cccc(Cl)c2)c1. The molecule has 0 saturated heterocycles. The molecule has 1 heterocycles. The molecule has 0 radical (unpaired) electrons. The van der Waals surface area contributed by atoms with Crippen LogP contribution in [0.2, 0.25) is 5.02 Å². The number of nitrogens with zero attached hydrogens (tertiary/aromatic N) is 2. The van der Waals surface area contributed by atoms with Crippen molar-refractivity contribution in [3.05, 3.63) is 64.7 Å². The van der Waals surface area contributed by atoms with Crippen molar-refractivity contribution in [3.63, 3.8) is 0 Å². The van der Waals surface area contributed by atoms with Crippen LogP contribution in [-0.2, 0) is 4.74 Å². The standard InChI is InChI=1S/C18H19ClN4O2/c1-11-16(12-5-3-6-13(9-12)17(24)25-2)23(18(20)21-11)22-15-8-4-7-14(19)10-15/h3-11,16,22H,1-2H3,(H2,20,21). The normalized spacial score (nSPS) is 19.5. The van der Waals surface area contributed by atoms with Gasteiger partial charge in [-0.15, -0.1) is 0 Å². The van der Waals surface area contributed by atoms with Crippen LogP contribution in [0.1, 0.15) is 28.9 Å². The van der Waals surface area contributed by atoms with Crippen molar-refractivity contribution in [2.24, 2.45) is 10.7 Å². The van der Waals surface area contributed by atoms with Crippen molar-refractivity contribution in [1.82, 2.24) is 5.01 Å². The highest BCUT2D eigenvalue weighted by atomic mass is 35.5. The molecule has 1 aliphatic rings. The third kappa shape index (κ3) is 3.53. The van der Waals surface area contributed by atoms with E-state index in [-0.39, 0.29) is 18.1 Å². The van der Waals surface area contributed by atoms with Crippen LogP contribution < -0.4 is 11.2 Å². The van der Waals surface area contributed by atoms with E-state index in [0.717, 1.165) is 11.3 Å². The summed E-state index contributed by atoms with van der Waals surface area (Å²) < 4.78 is 4.80. The van der Waals surface area contributed by atoms with Crippen molar-refractivity contribution in [2.45, 2.75) is 19.0 Å². The molecule has 0 bridgehead atoms. The molecule has 7 heteroatoms. The monoisotopic (exact) mass is 358 g/mol. The van der Waals surface area contributed by atoms with Crippen molar-refractivity contribution in [3.8, 4) is 0 Å². The molecule has 0 saturated carbocycles. The quantitative estimate of drug-likeness (QED) is 0.820. The van der Waals surface area contributed by atoms with E-state index < -0.39 is 0 Å². The molecule has 0 aliphatic carbocycles. The molecule has 25 heavy (non-hydrogen) atoms. The van der Waals surface area contributed by atoms with Gasteiger partial charge in [-0.2, -0.15) is 0 Å². The zero-order chi connectivity index (χ0) is 18.0. The van der Waals surface area contributed by atoms with Crippen LogP contribution in [0.3, 0.4) is 0 Å². The van der Waals surface area contributed by atoms with Crippen molar-refractivity contribution < 1.29 is 9.53 Å². The number of nitrogens with one attached hydrogen (secondary N) is 1. The third-order valence-corrected chi connectivity index (χ3v) is 4.28. The summed E-state index contributed by atoms with van der Waals surface area (Å²) in [6.45, 7) is 1.97. The van der Waals surface area contributed by atoms with Gasteiger partial charge >= 0.3 is 5.97 Å². The number of aliphatic imine (C=N–C) groups is 1. The van der Waals surface area contributed by atoms with Gasteiger partial charge in [0.25, 0.3) is 0 Å². The van der Waals surface area contributed by atoms with Crippen LogP contribution in [0.4, 0.5) is 5.69 Å². The van der Waals surface area contributed by atoms with E-state index in [1.54, 1.807) is 29.3 Å². The molecule has 3 N–H and O–H groups in total. The number of halogens is 1. The second-order valence-corrected chi connectivity index (χ2v) is 6.22. The molecule has 0 spiro atoms. The second kappa shape index (κ2) is 7.03. The third-order valence-electron chi connectivity index (χ3n) is 4.04. The number of guanidine groups is 1. The average Bonchev–Trinajstić information content (AvgIpc) is 2.88. The van der Waals surface area contributed by atoms with Gasteiger partial charge in [-0.05, 0) is 42.8 Å². The van der Waals surface area contributed by atoms with Crippen LogP contribution in [0, 0.1) is 0 Å². The van der Waals surface area contributed by atoms with E-state index in [0.29, 0.717) is 16.5 Å². The maximum atomic E-state index is 11.8. The van der Waals surface area contributed by atoms with Gasteiger partial charge < -0.3 is 10.5 Å². The van der Waals surface area contributed by atoms with Gasteiger partial charge in [0.2, 0.25) is 5.96 Å². The Bertz CT molecular complexity index is 824. The predicted molar refractivity (Wildman–Crippen MR) is 98.5 cm³/mol. The molecule has 130 valence electrons. The number of carbonyl (C=O) groups is 1. The number of esters is 1. The maximum absolute atomic E-state index is 11.8. The Morgan fingerprint density at radius 1 is 1.28 bits per heavy atom. The van der Waals surface area contributed by atoms with Crippen LogP contribution in [0.5, 0.6) is 0 Å². The fraction of sp³-hybridized carbons (Fsp3) is 0.222. The summed E-state index contributed by atoms with van der Waals surface area (Å²) in [6, 6.07) is 14.4. The molecular formula is C18H19ClN4O2. The lowest BCUT2D eigenvalue weighted by Gasteiger charge is -2.30. The van der Waals surface area contributed by atoms with Crippen LogP contribution in [0.15, 0.2) is 53.5 Å². The van der Waals surface area contributed by atoms with E-state index in [2.05, 4.69) is 10.4 Å². The summed E-state index contributed by atoms with van der Waals surface area (Å²) >= 11 is 6.05. The maximum Gasteiger partial charge on any atom is 0.337 e. The zero-order valence-electron chi connectivity index (χ0n) is 13.9. The summed E-state index contributed by atoms with van der Waals surface area (Å²) in [4.78, 5) is 16.3. The zero-order valence-corrected chi connectivity index (χ0v) is 14.7. The molecule has 3 rings (SSSR count). The van der Waals surface area contributed by atoms with Gasteiger partial charge in [-0.1, -0.05) is 29.8 Å². The van der Waals surface area contributed by atoms with Crippen molar-refractivity contribution >= 4 is 29.2 Å². The minimum Gasteiger partial charge on any atom is -0.465 e. The summed E-state index contributed by atoms with van der Waals surface area (Å²) in [5.74, 6) is -0.00307. The fourth-order valence-corrected chi connectivity index (χ4v) is 3.11. The first-order valence-electron chi connectivity index (χ1n) is 7.82. The lowest BCUT2D eigenvalue weighted by Crippen LogP contribution is -2.41. The molecule has 2 atom stereocenters. The molecule has 2 aromatic rings. The first kappa shape index (κ1) is 17.1. The summed E-state index contributed by atoms with van der Waals surface area (Å²) in [7, 11) is 1.36. The smallest absolute Gasteiger partial charge is 0.337 e. The number of methoxy groups -OCH3 is 1. The first-order chi connectivity index (χ1) is 12.0.